The van der Waals surface area contributed by atoms with Crippen LogP contribution in [0.25, 0.3) is 0 Å². The summed E-state index contributed by atoms with van der Waals surface area (Å²) in [6, 6.07) is -0.860. The van der Waals surface area contributed by atoms with Crippen LogP contribution in [0.3, 0.4) is 0 Å². The highest BCUT2D eigenvalue weighted by Gasteiger charge is 2.51. The molecule has 0 aromatic carbocycles. The Balaban J connectivity index is 1.31. The number of aliphatic carboxylic acids is 1. The van der Waals surface area contributed by atoms with Crippen LogP contribution in [0.1, 0.15) is 70.6 Å². The summed E-state index contributed by atoms with van der Waals surface area (Å²) in [6.07, 6.45) is 12.6. The highest BCUT2D eigenvalue weighted by molar-refractivity contribution is 5.79. The van der Waals surface area contributed by atoms with Gasteiger partial charge in [-0.15, -0.1) is 0 Å². The lowest BCUT2D eigenvalue weighted by atomic mass is 9.73. The Morgan fingerprint density at radius 2 is 1.55 bits per heavy atom. The zero-order valence-corrected chi connectivity index (χ0v) is 17.6. The lowest BCUT2D eigenvalue weighted by molar-refractivity contribution is -0.139. The molecule has 1 amide bonds. The molecule has 0 bridgehead atoms. The molecule has 1 heterocycles. The Kier molecular flexibility index (Phi) is 6.99. The molecular weight excluding hydrogens is 368 g/mol. The average Bonchev–Trinajstić information content (AvgIpc) is 3.06. The molecule has 0 radical (unpaired) electrons. The van der Waals surface area contributed by atoms with Gasteiger partial charge in [-0.1, -0.05) is 25.7 Å². The first-order chi connectivity index (χ1) is 14.1. The predicted molar refractivity (Wildman–Crippen MR) is 111 cm³/mol. The smallest absolute Gasteiger partial charge is 0.407 e. The van der Waals surface area contributed by atoms with Crippen LogP contribution in [-0.4, -0.2) is 42.9 Å². The van der Waals surface area contributed by atoms with E-state index in [2.05, 4.69) is 10.6 Å². The van der Waals surface area contributed by atoms with Crippen molar-refractivity contribution in [1.29, 1.82) is 0 Å². The maximum absolute atomic E-state index is 12.5. The number of nitrogens with one attached hydrogen (secondary N) is 2. The van der Waals surface area contributed by atoms with E-state index in [0.29, 0.717) is 36.7 Å². The average molecular weight is 407 g/mol. The fourth-order valence-electron chi connectivity index (χ4n) is 7.10. The van der Waals surface area contributed by atoms with Crippen LogP contribution < -0.4 is 10.6 Å². The highest BCUT2D eigenvalue weighted by Crippen LogP contribution is 2.57. The number of carbonyl (C=O) groups is 2. The van der Waals surface area contributed by atoms with E-state index in [1.54, 1.807) is 0 Å². The van der Waals surface area contributed by atoms with Gasteiger partial charge in [-0.05, 0) is 93.5 Å². The van der Waals surface area contributed by atoms with Gasteiger partial charge in [-0.25, -0.2) is 9.59 Å². The molecule has 0 aromatic rings. The van der Waals surface area contributed by atoms with E-state index < -0.39 is 18.1 Å². The number of fused-ring (bicyclic) bond motifs is 3. The first-order valence-electron chi connectivity index (χ1n) is 12.0. The third kappa shape index (κ3) is 4.89. The van der Waals surface area contributed by atoms with Crippen molar-refractivity contribution in [3.63, 3.8) is 0 Å². The van der Waals surface area contributed by atoms with Crippen LogP contribution in [-0.2, 0) is 9.53 Å². The first kappa shape index (κ1) is 21.0. The summed E-state index contributed by atoms with van der Waals surface area (Å²) >= 11 is 0. The molecule has 6 unspecified atom stereocenters. The number of hydrogen-bond donors (Lipinski definition) is 3. The van der Waals surface area contributed by atoms with Gasteiger partial charge in [-0.2, -0.15) is 0 Å². The van der Waals surface area contributed by atoms with E-state index >= 15 is 0 Å². The highest BCUT2D eigenvalue weighted by atomic mass is 16.5. The summed E-state index contributed by atoms with van der Waals surface area (Å²) in [5.74, 6) is 2.87. The van der Waals surface area contributed by atoms with Crippen LogP contribution in [0.15, 0.2) is 0 Å². The zero-order valence-electron chi connectivity index (χ0n) is 17.6. The first-order valence-corrected chi connectivity index (χ1v) is 12.0. The van der Waals surface area contributed by atoms with Crippen LogP contribution >= 0.6 is 0 Å². The van der Waals surface area contributed by atoms with Gasteiger partial charge in [-0.3, -0.25) is 0 Å². The summed E-state index contributed by atoms with van der Waals surface area (Å²) in [5, 5.41) is 15.5. The third-order valence-electron chi connectivity index (χ3n) is 8.36. The normalized spacial score (nSPS) is 37.8. The second kappa shape index (κ2) is 9.67. The van der Waals surface area contributed by atoms with E-state index in [1.807, 2.05) is 0 Å². The molecule has 6 nitrogen and oxygen atoms in total. The molecule has 6 heteroatoms. The van der Waals surface area contributed by atoms with Crippen LogP contribution in [0.4, 0.5) is 4.79 Å². The number of hydrogen-bond acceptors (Lipinski definition) is 4. The molecule has 4 aliphatic rings. The molecule has 3 saturated carbocycles. The van der Waals surface area contributed by atoms with Crippen LogP contribution in [0.2, 0.25) is 0 Å². The van der Waals surface area contributed by atoms with Crippen molar-refractivity contribution < 1.29 is 19.4 Å². The number of amides is 1. The van der Waals surface area contributed by atoms with E-state index in [0.717, 1.165) is 37.8 Å². The van der Waals surface area contributed by atoms with Gasteiger partial charge in [0.25, 0.3) is 0 Å². The van der Waals surface area contributed by atoms with Crippen LogP contribution in [0, 0.1) is 35.5 Å². The van der Waals surface area contributed by atoms with Gasteiger partial charge in [0.15, 0.2) is 0 Å². The molecule has 3 aliphatic carbocycles. The number of ether oxygens (including phenoxy) is 1. The maximum atomic E-state index is 12.5. The third-order valence-corrected chi connectivity index (χ3v) is 8.36. The Labute approximate surface area is 174 Å². The SMILES string of the molecule is O=C(NC(CC1CCCNC1)C(=O)O)OCC1C2CCCCC2C2CCCCC21. The van der Waals surface area contributed by atoms with E-state index in [9.17, 15) is 14.7 Å². The van der Waals surface area contributed by atoms with Gasteiger partial charge < -0.3 is 20.5 Å². The standard InChI is InChI=1S/C23H38N2O4/c26-22(27)21(12-15-6-5-11-24-13-15)25-23(28)29-14-20-18-9-3-1-7-16(18)17-8-2-4-10-19(17)20/h15-21,24H,1-14H2,(H,25,28)(H,26,27). The topological polar surface area (TPSA) is 87.7 Å². The van der Waals surface area contributed by atoms with E-state index in [-0.39, 0.29) is 0 Å². The minimum absolute atomic E-state index is 0.297. The van der Waals surface area contributed by atoms with Crippen molar-refractivity contribution in [1.82, 2.24) is 10.6 Å². The van der Waals surface area contributed by atoms with E-state index in [4.69, 9.17) is 4.74 Å². The zero-order chi connectivity index (χ0) is 20.2. The van der Waals surface area contributed by atoms with Crippen molar-refractivity contribution in [2.24, 2.45) is 35.5 Å². The summed E-state index contributed by atoms with van der Waals surface area (Å²) in [6.45, 7) is 2.29. The summed E-state index contributed by atoms with van der Waals surface area (Å²) < 4.78 is 5.66. The fourth-order valence-corrected chi connectivity index (χ4v) is 7.10. The van der Waals surface area contributed by atoms with Gasteiger partial charge >= 0.3 is 12.1 Å². The van der Waals surface area contributed by atoms with Crippen molar-refractivity contribution in [3.05, 3.63) is 0 Å². The van der Waals surface area contributed by atoms with Crippen molar-refractivity contribution >= 4 is 12.1 Å². The molecule has 6 atom stereocenters. The van der Waals surface area contributed by atoms with Gasteiger partial charge in [0.1, 0.15) is 6.04 Å². The second-order valence-corrected chi connectivity index (χ2v) is 9.97. The van der Waals surface area contributed by atoms with Gasteiger partial charge in [0.2, 0.25) is 0 Å². The number of piperidine rings is 1. The molecular formula is C23H38N2O4. The molecule has 4 rings (SSSR count). The summed E-state index contributed by atoms with van der Waals surface area (Å²) in [4.78, 5) is 24.1. The van der Waals surface area contributed by atoms with Crippen molar-refractivity contribution in [3.8, 4) is 0 Å². The molecule has 3 N–H and O–H groups in total. The van der Waals surface area contributed by atoms with Gasteiger partial charge in [0, 0.05) is 0 Å². The number of alkyl carbamates (subject to hydrolysis) is 1. The Morgan fingerprint density at radius 1 is 0.931 bits per heavy atom. The number of carbonyl (C=O) groups excluding carboxylic acids is 1. The predicted octanol–water partition coefficient (Wildman–Crippen LogP) is 3.80. The molecule has 164 valence electrons. The maximum Gasteiger partial charge on any atom is 0.407 e. The van der Waals surface area contributed by atoms with Crippen molar-refractivity contribution in [2.75, 3.05) is 19.7 Å². The molecule has 1 aliphatic heterocycles. The summed E-state index contributed by atoms with van der Waals surface area (Å²) in [7, 11) is 0. The molecule has 0 aromatic heterocycles. The number of carboxylic acids is 1. The largest absolute Gasteiger partial charge is 0.480 e. The lowest BCUT2D eigenvalue weighted by Crippen LogP contribution is -2.44. The van der Waals surface area contributed by atoms with Gasteiger partial charge in [0.05, 0.1) is 6.61 Å². The Hall–Kier alpha value is -1.30. The van der Waals surface area contributed by atoms with Crippen molar-refractivity contribution in [2.45, 2.75) is 76.7 Å². The van der Waals surface area contributed by atoms with Crippen LogP contribution in [0.5, 0.6) is 0 Å². The number of rotatable bonds is 6. The molecule has 1 saturated heterocycles. The Bertz CT molecular complexity index is 555. The minimum Gasteiger partial charge on any atom is -0.480 e. The Morgan fingerprint density at radius 3 is 2.10 bits per heavy atom. The van der Waals surface area contributed by atoms with E-state index in [1.165, 1.54) is 51.4 Å². The minimum atomic E-state index is -0.965. The number of carboxylic acid groups (broad SMARTS) is 1. The fraction of sp³-hybridized carbons (Fsp3) is 0.913. The summed E-state index contributed by atoms with van der Waals surface area (Å²) in [5.41, 5.74) is 0. The quantitative estimate of drug-likeness (QED) is 0.624. The molecule has 0 spiro atoms. The lowest BCUT2D eigenvalue weighted by Gasteiger charge is -2.32. The monoisotopic (exact) mass is 406 g/mol. The second-order valence-electron chi connectivity index (χ2n) is 9.97. The molecule has 4 fully saturated rings. The molecule has 29 heavy (non-hydrogen) atoms.